The van der Waals surface area contributed by atoms with Crippen molar-refractivity contribution in [3.63, 3.8) is 0 Å². The molecule has 1 aromatic heterocycles. The molecule has 6 nitrogen and oxygen atoms in total. The first-order chi connectivity index (χ1) is 9.38. The number of aryl methyl sites for hydroxylation is 1. The second-order valence-corrected chi connectivity index (χ2v) is 6.08. The van der Waals surface area contributed by atoms with Gasteiger partial charge in [-0.1, -0.05) is 6.07 Å². The van der Waals surface area contributed by atoms with E-state index in [1.165, 1.54) is 23.0 Å². The number of hydrogen-bond donors (Lipinski definition) is 2. The van der Waals surface area contributed by atoms with Gasteiger partial charge in [0.15, 0.2) is 0 Å². The van der Waals surface area contributed by atoms with Crippen molar-refractivity contribution in [2.24, 2.45) is 0 Å². The molecular weight excluding hydrogens is 283 g/mol. The molecule has 0 saturated carbocycles. The van der Waals surface area contributed by atoms with Crippen LogP contribution in [0, 0.1) is 12.7 Å². The third-order valence-electron chi connectivity index (χ3n) is 2.73. The zero-order valence-electron chi connectivity index (χ0n) is 10.9. The van der Waals surface area contributed by atoms with Crippen LogP contribution >= 0.6 is 0 Å². The fourth-order valence-electron chi connectivity index (χ4n) is 1.74. The van der Waals surface area contributed by atoms with Crippen LogP contribution in [0.15, 0.2) is 35.5 Å². The molecular formula is C12H15FN4O2S. The van der Waals surface area contributed by atoms with Gasteiger partial charge in [-0.2, -0.15) is 5.10 Å². The molecule has 0 bridgehead atoms. The van der Waals surface area contributed by atoms with Gasteiger partial charge in [-0.3, -0.25) is 4.68 Å². The Morgan fingerprint density at radius 3 is 2.85 bits per heavy atom. The summed E-state index contributed by atoms with van der Waals surface area (Å²) in [5.74, 6) is -0.587. The van der Waals surface area contributed by atoms with E-state index in [1.54, 1.807) is 13.1 Å². The summed E-state index contributed by atoms with van der Waals surface area (Å²) in [4.78, 5) is -0.0579. The Bertz CT molecular complexity index is 712. The van der Waals surface area contributed by atoms with Crippen molar-refractivity contribution >= 4 is 15.7 Å². The van der Waals surface area contributed by atoms with E-state index in [1.807, 2.05) is 0 Å². The van der Waals surface area contributed by atoms with E-state index in [4.69, 9.17) is 5.73 Å². The largest absolute Gasteiger partial charge is 0.396 e. The van der Waals surface area contributed by atoms with Crippen LogP contribution in [0.5, 0.6) is 0 Å². The summed E-state index contributed by atoms with van der Waals surface area (Å²) in [5, 5.41) is 3.94. The Balaban J connectivity index is 2.06. The molecule has 1 heterocycles. The number of anilines is 1. The maximum absolute atomic E-state index is 13.1. The van der Waals surface area contributed by atoms with Crippen molar-refractivity contribution in [3.8, 4) is 0 Å². The van der Waals surface area contributed by atoms with E-state index in [0.717, 1.165) is 6.07 Å². The normalized spacial score (nSPS) is 11.7. The lowest BCUT2D eigenvalue weighted by molar-refractivity contribution is 0.558. The molecule has 0 radical (unpaired) electrons. The third kappa shape index (κ3) is 3.34. The van der Waals surface area contributed by atoms with Crippen LogP contribution in [-0.2, 0) is 16.6 Å². The number of halogens is 1. The number of hydrogen-bond acceptors (Lipinski definition) is 4. The van der Waals surface area contributed by atoms with E-state index in [0.29, 0.717) is 17.8 Å². The summed E-state index contributed by atoms with van der Waals surface area (Å²) in [5.41, 5.74) is 6.50. The van der Waals surface area contributed by atoms with Crippen LogP contribution in [0.1, 0.15) is 5.56 Å². The van der Waals surface area contributed by atoms with Gasteiger partial charge >= 0.3 is 0 Å². The van der Waals surface area contributed by atoms with Gasteiger partial charge in [-0.05, 0) is 24.6 Å². The van der Waals surface area contributed by atoms with Crippen molar-refractivity contribution in [1.82, 2.24) is 14.5 Å². The summed E-state index contributed by atoms with van der Waals surface area (Å²) >= 11 is 0. The Labute approximate surface area is 116 Å². The maximum Gasteiger partial charge on any atom is 0.240 e. The number of sulfonamides is 1. The SMILES string of the molecule is Cc1ccc(F)cc1S(=O)(=O)NCCn1cc(N)cn1. The predicted molar refractivity (Wildman–Crippen MR) is 73.0 cm³/mol. The van der Waals surface area contributed by atoms with Crippen molar-refractivity contribution < 1.29 is 12.8 Å². The minimum absolute atomic E-state index is 0.0579. The van der Waals surface area contributed by atoms with Gasteiger partial charge in [-0.25, -0.2) is 17.5 Å². The second-order valence-electron chi connectivity index (χ2n) is 4.34. The van der Waals surface area contributed by atoms with Crippen LogP contribution in [0.3, 0.4) is 0 Å². The van der Waals surface area contributed by atoms with Crippen molar-refractivity contribution in [3.05, 3.63) is 42.0 Å². The summed E-state index contributed by atoms with van der Waals surface area (Å²) in [7, 11) is -3.74. The standard InChI is InChI=1S/C12H15FN4O2S/c1-9-2-3-10(13)6-12(9)20(18,19)16-4-5-17-8-11(14)7-15-17/h2-3,6-8,16H,4-5,14H2,1H3. The van der Waals surface area contributed by atoms with E-state index in [2.05, 4.69) is 9.82 Å². The molecule has 0 aliphatic carbocycles. The number of aromatic nitrogens is 2. The van der Waals surface area contributed by atoms with E-state index < -0.39 is 15.8 Å². The lowest BCUT2D eigenvalue weighted by atomic mass is 10.2. The fraction of sp³-hybridized carbons (Fsp3) is 0.250. The Hall–Kier alpha value is -1.93. The highest BCUT2D eigenvalue weighted by Gasteiger charge is 2.17. The quantitative estimate of drug-likeness (QED) is 0.858. The molecule has 2 aromatic rings. The Morgan fingerprint density at radius 1 is 1.45 bits per heavy atom. The molecule has 0 fully saturated rings. The van der Waals surface area contributed by atoms with E-state index >= 15 is 0 Å². The minimum Gasteiger partial charge on any atom is -0.396 e. The van der Waals surface area contributed by atoms with Crippen LogP contribution in [0.25, 0.3) is 0 Å². The van der Waals surface area contributed by atoms with Gasteiger partial charge < -0.3 is 5.73 Å². The zero-order chi connectivity index (χ0) is 14.8. The third-order valence-corrected chi connectivity index (χ3v) is 4.33. The lowest BCUT2D eigenvalue weighted by Gasteiger charge is -2.09. The van der Waals surface area contributed by atoms with Gasteiger partial charge in [0.2, 0.25) is 10.0 Å². The first-order valence-electron chi connectivity index (χ1n) is 5.92. The highest BCUT2D eigenvalue weighted by atomic mass is 32.2. The lowest BCUT2D eigenvalue weighted by Crippen LogP contribution is -2.28. The molecule has 0 saturated heterocycles. The number of benzene rings is 1. The summed E-state index contributed by atoms with van der Waals surface area (Å²) in [6, 6.07) is 3.66. The van der Waals surface area contributed by atoms with Crippen LogP contribution in [-0.4, -0.2) is 24.7 Å². The first kappa shape index (κ1) is 14.5. The first-order valence-corrected chi connectivity index (χ1v) is 7.40. The smallest absolute Gasteiger partial charge is 0.240 e. The van der Waals surface area contributed by atoms with Crippen molar-refractivity contribution in [1.29, 1.82) is 0 Å². The topological polar surface area (TPSA) is 90.0 Å². The van der Waals surface area contributed by atoms with E-state index in [-0.39, 0.29) is 11.4 Å². The minimum atomic E-state index is -3.74. The van der Waals surface area contributed by atoms with Crippen LogP contribution < -0.4 is 10.5 Å². The van der Waals surface area contributed by atoms with Gasteiger partial charge in [-0.15, -0.1) is 0 Å². The monoisotopic (exact) mass is 298 g/mol. The highest BCUT2D eigenvalue weighted by Crippen LogP contribution is 2.15. The average molecular weight is 298 g/mol. The van der Waals surface area contributed by atoms with Crippen molar-refractivity contribution in [2.75, 3.05) is 12.3 Å². The van der Waals surface area contributed by atoms with Crippen LogP contribution in [0.2, 0.25) is 0 Å². The van der Waals surface area contributed by atoms with Crippen LogP contribution in [0.4, 0.5) is 10.1 Å². The fourth-order valence-corrected chi connectivity index (χ4v) is 3.01. The summed E-state index contributed by atoms with van der Waals surface area (Å²) in [6.45, 7) is 2.09. The van der Waals surface area contributed by atoms with Crippen molar-refractivity contribution in [2.45, 2.75) is 18.4 Å². The molecule has 0 spiro atoms. The Morgan fingerprint density at radius 2 is 2.20 bits per heavy atom. The molecule has 3 N–H and O–H groups in total. The molecule has 108 valence electrons. The number of nitrogens with one attached hydrogen (secondary N) is 1. The average Bonchev–Trinajstić information content (AvgIpc) is 2.78. The Kier molecular flexibility index (Phi) is 4.05. The molecule has 0 atom stereocenters. The summed E-state index contributed by atoms with van der Waals surface area (Å²) < 4.78 is 41.2. The molecule has 0 aliphatic rings. The van der Waals surface area contributed by atoms with Gasteiger partial charge in [0.05, 0.1) is 23.3 Å². The zero-order valence-corrected chi connectivity index (χ0v) is 11.7. The van der Waals surface area contributed by atoms with Gasteiger partial charge in [0.1, 0.15) is 5.82 Å². The molecule has 0 aliphatic heterocycles. The molecule has 8 heteroatoms. The number of rotatable bonds is 5. The van der Waals surface area contributed by atoms with Gasteiger partial charge in [0, 0.05) is 12.7 Å². The molecule has 0 unspecified atom stereocenters. The molecule has 0 amide bonds. The van der Waals surface area contributed by atoms with Gasteiger partial charge in [0.25, 0.3) is 0 Å². The molecule has 1 aromatic carbocycles. The highest BCUT2D eigenvalue weighted by molar-refractivity contribution is 7.89. The molecule has 20 heavy (non-hydrogen) atoms. The second kappa shape index (κ2) is 5.59. The maximum atomic E-state index is 13.1. The number of nitrogens with zero attached hydrogens (tertiary/aromatic N) is 2. The molecule has 2 rings (SSSR count). The van der Waals surface area contributed by atoms with E-state index in [9.17, 15) is 12.8 Å². The number of nitrogen functional groups attached to an aromatic ring is 1. The number of nitrogens with two attached hydrogens (primary N) is 1. The predicted octanol–water partition coefficient (Wildman–Crippen LogP) is 0.891. The summed E-state index contributed by atoms with van der Waals surface area (Å²) in [6.07, 6.45) is 3.08.